The van der Waals surface area contributed by atoms with Gasteiger partial charge in [0.05, 0.1) is 37.6 Å². The van der Waals surface area contributed by atoms with Crippen molar-refractivity contribution in [3.8, 4) is 23.8 Å². The van der Waals surface area contributed by atoms with Crippen LogP contribution >= 0.6 is 0 Å². The third kappa shape index (κ3) is 9.97. The molecule has 2 fully saturated rings. The van der Waals surface area contributed by atoms with Gasteiger partial charge in [0.15, 0.2) is 6.29 Å². The lowest BCUT2D eigenvalue weighted by Gasteiger charge is -2.47. The second-order valence-corrected chi connectivity index (χ2v) is 11.9. The van der Waals surface area contributed by atoms with Gasteiger partial charge < -0.3 is 65.0 Å². The zero-order valence-electron chi connectivity index (χ0n) is 27.2. The van der Waals surface area contributed by atoms with Crippen molar-refractivity contribution in [1.82, 2.24) is 10.6 Å². The van der Waals surface area contributed by atoms with Crippen molar-refractivity contribution in [3.05, 3.63) is 60.2 Å². The number of benzene rings is 2. The Hall–Kier alpha value is -4.15. The molecule has 8 N–H and O–H groups in total. The summed E-state index contributed by atoms with van der Waals surface area (Å²) in [6.45, 7) is -0.0331. The molecule has 16 nitrogen and oxygen atoms in total. The average Bonchev–Trinajstić information content (AvgIpc) is 3.08. The maximum Gasteiger partial charge on any atom is 0.364 e. The van der Waals surface area contributed by atoms with Gasteiger partial charge in [-0.05, 0) is 30.3 Å². The topological polar surface area (TPSA) is 243 Å². The molecule has 0 radical (unpaired) electrons. The Morgan fingerprint density at radius 2 is 1.76 bits per heavy atom. The van der Waals surface area contributed by atoms with Gasteiger partial charge in [-0.2, -0.15) is 0 Å². The highest BCUT2D eigenvalue weighted by atomic mass is 16.7. The number of carbonyl (C=O) groups excluding carboxylic acids is 2. The van der Waals surface area contributed by atoms with Crippen molar-refractivity contribution in [2.45, 2.75) is 87.0 Å². The predicted molar refractivity (Wildman–Crippen MR) is 171 cm³/mol. The molecule has 10 atom stereocenters. The highest BCUT2D eigenvalue weighted by Crippen LogP contribution is 2.35. The summed E-state index contributed by atoms with van der Waals surface area (Å²) in [5, 5.41) is 69.0. The number of hydrogen-bond donors (Lipinski definition) is 8. The molecule has 0 bridgehead atoms. The molecule has 4 rings (SSSR count). The van der Waals surface area contributed by atoms with Crippen LogP contribution in [0.15, 0.2) is 54.6 Å². The molecular weight excluding hydrogens is 660 g/mol. The number of amides is 2. The lowest BCUT2D eigenvalue weighted by Crippen LogP contribution is -2.68. The van der Waals surface area contributed by atoms with Crippen molar-refractivity contribution in [2.24, 2.45) is 0 Å². The fourth-order valence-corrected chi connectivity index (χ4v) is 5.53. The molecule has 2 aromatic rings. The average molecular weight is 703 g/mol. The summed E-state index contributed by atoms with van der Waals surface area (Å²) >= 11 is 0. The molecule has 50 heavy (non-hydrogen) atoms. The molecule has 0 spiro atoms. The standard InChI is InChI=1S/C34H42N2O14/c1-3-4-13-46-32-24(39)15-23(38)27(49-32)18-47-34(33(44)45)16-25(40)28(36-19(2)37)30(50-34)29(42)26(41)17-35-31(43)20-9-8-12-22(14-20)48-21-10-6-5-7-11-21/h1,5-12,14,23-30,32,38-42H,4,13,15-18H2,2H3,(H,35,43)(H,36,37)(H,44,45)/t23-,24-,25+,26-,27-,28-,29-,30?,32-,34+/m1/s1. The molecule has 0 aromatic heterocycles. The highest BCUT2D eigenvalue weighted by molar-refractivity contribution is 5.94. The van der Waals surface area contributed by atoms with Crippen LogP contribution in [0.3, 0.4) is 0 Å². The maximum atomic E-state index is 12.9. The number of carboxylic acids is 1. The molecule has 1 unspecified atom stereocenters. The van der Waals surface area contributed by atoms with E-state index in [1.807, 2.05) is 6.07 Å². The number of carboxylic acid groups (broad SMARTS) is 1. The SMILES string of the molecule is C#CCCO[C@@H]1O[C@H](CO[C@@]2(C(=O)O)C[C@H](O)[C@@H](NC(C)=O)C([C@H](O)[C@H](O)CNC(=O)c3cccc(Oc4ccccc4)c3)O2)[C@H](O)C[C@H]1O. The third-order valence-corrected chi connectivity index (χ3v) is 8.09. The van der Waals surface area contributed by atoms with E-state index in [0.29, 0.717) is 11.5 Å². The first-order valence-electron chi connectivity index (χ1n) is 15.9. The van der Waals surface area contributed by atoms with Crippen molar-refractivity contribution < 1.29 is 68.7 Å². The molecule has 2 heterocycles. The van der Waals surface area contributed by atoms with E-state index < -0.39 is 98.2 Å². The largest absolute Gasteiger partial charge is 0.477 e. The summed E-state index contributed by atoms with van der Waals surface area (Å²) in [5.74, 6) is -2.42. The minimum absolute atomic E-state index is 0.0399. The Morgan fingerprint density at radius 3 is 2.44 bits per heavy atom. The van der Waals surface area contributed by atoms with Crippen LogP contribution < -0.4 is 15.4 Å². The number of aliphatic hydroxyl groups is 5. The maximum absolute atomic E-state index is 12.9. The predicted octanol–water partition coefficient (Wildman–Crippen LogP) is -0.741. The molecule has 2 aliphatic rings. The van der Waals surface area contributed by atoms with E-state index >= 15 is 0 Å². The lowest BCUT2D eigenvalue weighted by molar-refractivity contribution is -0.329. The Bertz CT molecular complexity index is 1490. The van der Waals surface area contributed by atoms with Crippen LogP contribution in [0.25, 0.3) is 0 Å². The van der Waals surface area contributed by atoms with Gasteiger partial charge in [0.1, 0.15) is 35.9 Å². The summed E-state index contributed by atoms with van der Waals surface area (Å²) in [5.41, 5.74) is 0.169. The highest BCUT2D eigenvalue weighted by Gasteiger charge is 2.56. The first-order chi connectivity index (χ1) is 23.8. The number of rotatable bonds is 15. The Labute approximate surface area is 287 Å². The van der Waals surface area contributed by atoms with Crippen LogP contribution in [0.2, 0.25) is 0 Å². The van der Waals surface area contributed by atoms with E-state index in [0.717, 1.165) is 6.92 Å². The summed E-state index contributed by atoms with van der Waals surface area (Å²) in [6.07, 6.45) is -7.74. The second-order valence-electron chi connectivity index (χ2n) is 11.9. The summed E-state index contributed by atoms with van der Waals surface area (Å²) in [7, 11) is 0. The number of aliphatic carboxylic acids is 1. The van der Waals surface area contributed by atoms with Crippen LogP contribution in [0.4, 0.5) is 0 Å². The molecule has 2 aliphatic heterocycles. The minimum Gasteiger partial charge on any atom is -0.477 e. The molecule has 2 saturated heterocycles. The van der Waals surface area contributed by atoms with Crippen LogP contribution in [0, 0.1) is 12.3 Å². The van der Waals surface area contributed by atoms with E-state index in [1.165, 1.54) is 12.1 Å². The fourth-order valence-electron chi connectivity index (χ4n) is 5.53. The summed E-state index contributed by atoms with van der Waals surface area (Å²) < 4.78 is 28.1. The van der Waals surface area contributed by atoms with Gasteiger partial charge in [-0.25, -0.2) is 4.79 Å². The lowest BCUT2D eigenvalue weighted by atomic mass is 9.88. The van der Waals surface area contributed by atoms with Gasteiger partial charge in [-0.1, -0.05) is 24.3 Å². The van der Waals surface area contributed by atoms with Crippen LogP contribution in [-0.4, -0.2) is 129 Å². The first-order valence-corrected chi connectivity index (χ1v) is 15.9. The van der Waals surface area contributed by atoms with Gasteiger partial charge in [0.25, 0.3) is 11.7 Å². The molecule has 272 valence electrons. The number of carbonyl (C=O) groups is 3. The van der Waals surface area contributed by atoms with E-state index in [1.54, 1.807) is 36.4 Å². The number of para-hydroxylation sites is 1. The molecule has 0 aliphatic carbocycles. The molecule has 2 aromatic carbocycles. The van der Waals surface area contributed by atoms with Crippen molar-refractivity contribution >= 4 is 17.8 Å². The van der Waals surface area contributed by atoms with Crippen LogP contribution in [0.1, 0.15) is 36.5 Å². The smallest absolute Gasteiger partial charge is 0.364 e. The quantitative estimate of drug-likeness (QED) is 0.0843. The van der Waals surface area contributed by atoms with E-state index in [9.17, 15) is 45.0 Å². The Kier molecular flexibility index (Phi) is 13.7. The zero-order chi connectivity index (χ0) is 36.4. The Balaban J connectivity index is 1.45. The van der Waals surface area contributed by atoms with Gasteiger partial charge in [0, 0.05) is 38.3 Å². The van der Waals surface area contributed by atoms with Crippen LogP contribution in [0.5, 0.6) is 11.5 Å². The molecule has 16 heteroatoms. The van der Waals surface area contributed by atoms with Gasteiger partial charge in [0.2, 0.25) is 5.91 Å². The summed E-state index contributed by atoms with van der Waals surface area (Å²) in [6, 6.07) is 13.6. The normalized spacial score (nSPS) is 29.2. The van der Waals surface area contributed by atoms with E-state index in [2.05, 4.69) is 16.6 Å². The Morgan fingerprint density at radius 1 is 1.04 bits per heavy atom. The molecular formula is C34H42N2O14. The van der Waals surface area contributed by atoms with E-state index in [4.69, 9.17) is 30.1 Å². The number of nitrogens with one attached hydrogen (secondary N) is 2. The van der Waals surface area contributed by atoms with Crippen molar-refractivity contribution in [1.29, 1.82) is 0 Å². The number of ether oxygens (including phenoxy) is 5. The van der Waals surface area contributed by atoms with Crippen LogP contribution in [-0.2, 0) is 28.5 Å². The van der Waals surface area contributed by atoms with Gasteiger partial charge in [-0.3, -0.25) is 9.59 Å². The first kappa shape index (κ1) is 38.6. The number of hydrogen-bond acceptors (Lipinski definition) is 13. The number of terminal acetylenes is 1. The van der Waals surface area contributed by atoms with Gasteiger partial charge in [-0.15, -0.1) is 12.3 Å². The second kappa shape index (κ2) is 17.7. The minimum atomic E-state index is -2.67. The van der Waals surface area contributed by atoms with Crippen molar-refractivity contribution in [3.63, 3.8) is 0 Å². The molecule has 2 amide bonds. The fraction of sp³-hybridized carbons (Fsp3) is 0.500. The summed E-state index contributed by atoms with van der Waals surface area (Å²) in [4.78, 5) is 37.5. The zero-order valence-corrected chi connectivity index (χ0v) is 27.2. The van der Waals surface area contributed by atoms with Crippen molar-refractivity contribution in [2.75, 3.05) is 19.8 Å². The third-order valence-electron chi connectivity index (χ3n) is 8.09. The monoisotopic (exact) mass is 702 g/mol. The van der Waals surface area contributed by atoms with Gasteiger partial charge >= 0.3 is 5.97 Å². The number of aliphatic hydroxyl groups excluding tert-OH is 5. The molecule has 0 saturated carbocycles. The van der Waals surface area contributed by atoms with E-state index in [-0.39, 0.29) is 25.0 Å².